The zero-order chi connectivity index (χ0) is 8.55. The molecule has 2 heteroatoms. The fourth-order valence-electron chi connectivity index (χ4n) is 1.69. The second-order valence-corrected chi connectivity index (χ2v) is 3.81. The molecule has 0 atom stereocenters. The fraction of sp³-hybridized carbons (Fsp3) is 0.600. The van der Waals surface area contributed by atoms with Crippen LogP contribution < -0.4 is 5.32 Å². The van der Waals surface area contributed by atoms with Crippen LogP contribution in [0.2, 0.25) is 0 Å². The largest absolute Gasteiger partial charge is 0.362 e. The van der Waals surface area contributed by atoms with Crippen molar-refractivity contribution in [1.82, 2.24) is 10.3 Å². The van der Waals surface area contributed by atoms with Gasteiger partial charge in [-0.3, -0.25) is 0 Å². The summed E-state index contributed by atoms with van der Waals surface area (Å²) in [6.45, 7) is 6.61. The number of aromatic amines is 1. The third kappa shape index (κ3) is 1.27. The number of hydrogen-bond donors (Lipinski definition) is 2. The van der Waals surface area contributed by atoms with Gasteiger partial charge >= 0.3 is 0 Å². The van der Waals surface area contributed by atoms with Crippen molar-refractivity contribution in [1.29, 1.82) is 0 Å². The SMILES string of the molecule is CC(C)c1cc2c([nH]1)CCNC2. The minimum absolute atomic E-state index is 0.621. The first-order valence-corrected chi connectivity index (χ1v) is 4.68. The van der Waals surface area contributed by atoms with E-state index in [0.29, 0.717) is 5.92 Å². The number of fused-ring (bicyclic) bond motifs is 1. The van der Waals surface area contributed by atoms with Crippen LogP contribution in [0.3, 0.4) is 0 Å². The van der Waals surface area contributed by atoms with Gasteiger partial charge in [-0.05, 0) is 17.5 Å². The normalized spacial score (nSPS) is 16.6. The molecule has 12 heavy (non-hydrogen) atoms. The average Bonchev–Trinajstić information content (AvgIpc) is 2.46. The van der Waals surface area contributed by atoms with Crippen molar-refractivity contribution in [3.8, 4) is 0 Å². The minimum atomic E-state index is 0.621. The van der Waals surface area contributed by atoms with Gasteiger partial charge in [0.05, 0.1) is 0 Å². The fourth-order valence-corrected chi connectivity index (χ4v) is 1.69. The Kier molecular flexibility index (Phi) is 1.93. The van der Waals surface area contributed by atoms with Gasteiger partial charge < -0.3 is 10.3 Å². The lowest BCUT2D eigenvalue weighted by Crippen LogP contribution is -2.22. The van der Waals surface area contributed by atoms with Gasteiger partial charge in [0.1, 0.15) is 0 Å². The molecule has 0 saturated heterocycles. The minimum Gasteiger partial charge on any atom is -0.362 e. The Balaban J connectivity index is 2.32. The van der Waals surface area contributed by atoms with Crippen LogP contribution in [-0.4, -0.2) is 11.5 Å². The van der Waals surface area contributed by atoms with Crippen LogP contribution in [0.15, 0.2) is 6.07 Å². The Morgan fingerprint density at radius 2 is 2.25 bits per heavy atom. The summed E-state index contributed by atoms with van der Waals surface area (Å²) in [4.78, 5) is 3.49. The predicted molar refractivity (Wildman–Crippen MR) is 50.3 cm³/mol. The maximum atomic E-state index is 3.49. The lowest BCUT2D eigenvalue weighted by molar-refractivity contribution is 0.637. The second kappa shape index (κ2) is 2.94. The summed E-state index contributed by atoms with van der Waals surface area (Å²) in [5, 5.41) is 3.37. The third-order valence-electron chi connectivity index (χ3n) is 2.50. The van der Waals surface area contributed by atoms with E-state index in [4.69, 9.17) is 0 Å². The van der Waals surface area contributed by atoms with Gasteiger partial charge in [0.2, 0.25) is 0 Å². The van der Waals surface area contributed by atoms with Crippen LogP contribution in [0.25, 0.3) is 0 Å². The summed E-state index contributed by atoms with van der Waals surface area (Å²) in [6, 6.07) is 2.30. The summed E-state index contributed by atoms with van der Waals surface area (Å²) in [5.74, 6) is 0.621. The number of nitrogens with one attached hydrogen (secondary N) is 2. The van der Waals surface area contributed by atoms with E-state index in [-0.39, 0.29) is 0 Å². The van der Waals surface area contributed by atoms with E-state index in [2.05, 4.69) is 30.2 Å². The second-order valence-electron chi connectivity index (χ2n) is 3.81. The van der Waals surface area contributed by atoms with Gasteiger partial charge in [0.25, 0.3) is 0 Å². The molecule has 1 aromatic rings. The quantitative estimate of drug-likeness (QED) is 0.650. The van der Waals surface area contributed by atoms with Gasteiger partial charge in [-0.2, -0.15) is 0 Å². The topological polar surface area (TPSA) is 27.8 Å². The third-order valence-corrected chi connectivity index (χ3v) is 2.50. The van der Waals surface area contributed by atoms with E-state index < -0.39 is 0 Å². The highest BCUT2D eigenvalue weighted by atomic mass is 14.9. The van der Waals surface area contributed by atoms with Gasteiger partial charge in [-0.15, -0.1) is 0 Å². The van der Waals surface area contributed by atoms with E-state index in [1.165, 1.54) is 17.0 Å². The predicted octanol–water partition coefficient (Wildman–Crippen LogP) is 1.78. The van der Waals surface area contributed by atoms with E-state index in [0.717, 1.165) is 19.5 Å². The molecule has 2 N–H and O–H groups in total. The van der Waals surface area contributed by atoms with Crippen LogP contribution in [0.1, 0.15) is 36.7 Å². The first-order chi connectivity index (χ1) is 5.77. The van der Waals surface area contributed by atoms with Gasteiger partial charge in [-0.1, -0.05) is 13.8 Å². The van der Waals surface area contributed by atoms with Crippen molar-refractivity contribution in [2.24, 2.45) is 0 Å². The van der Waals surface area contributed by atoms with Crippen molar-refractivity contribution in [2.75, 3.05) is 6.54 Å². The monoisotopic (exact) mass is 164 g/mol. The zero-order valence-corrected chi connectivity index (χ0v) is 7.78. The number of aromatic nitrogens is 1. The van der Waals surface area contributed by atoms with Crippen LogP contribution in [0.4, 0.5) is 0 Å². The van der Waals surface area contributed by atoms with Crippen LogP contribution in [-0.2, 0) is 13.0 Å². The highest BCUT2D eigenvalue weighted by Crippen LogP contribution is 2.20. The van der Waals surface area contributed by atoms with Gasteiger partial charge in [0, 0.05) is 30.9 Å². The molecule has 66 valence electrons. The first kappa shape index (κ1) is 7.87. The number of hydrogen-bond acceptors (Lipinski definition) is 1. The standard InChI is InChI=1S/C10H16N2/c1-7(2)10-5-8-6-11-4-3-9(8)12-10/h5,7,11-12H,3-4,6H2,1-2H3. The maximum Gasteiger partial charge on any atom is 0.0223 e. The molecule has 0 radical (unpaired) electrons. The average molecular weight is 164 g/mol. The summed E-state index contributed by atoms with van der Waals surface area (Å²) >= 11 is 0. The molecule has 1 aliphatic heterocycles. The van der Waals surface area contributed by atoms with Crippen molar-refractivity contribution in [2.45, 2.75) is 32.7 Å². The smallest absolute Gasteiger partial charge is 0.0223 e. The molecule has 1 aliphatic rings. The number of H-pyrrole nitrogens is 1. The summed E-state index contributed by atoms with van der Waals surface area (Å²) in [5.41, 5.74) is 4.28. The Hall–Kier alpha value is -0.760. The molecule has 0 amide bonds. The highest BCUT2D eigenvalue weighted by molar-refractivity contribution is 5.29. The molecule has 1 aromatic heterocycles. The lowest BCUT2D eigenvalue weighted by Gasteiger charge is -2.11. The maximum absolute atomic E-state index is 3.49. The summed E-state index contributed by atoms with van der Waals surface area (Å²) in [6.07, 6.45) is 1.15. The van der Waals surface area contributed by atoms with Crippen LogP contribution in [0.5, 0.6) is 0 Å². The molecule has 2 heterocycles. The van der Waals surface area contributed by atoms with Crippen LogP contribution in [0, 0.1) is 0 Å². The van der Waals surface area contributed by atoms with Gasteiger partial charge in [-0.25, -0.2) is 0 Å². The first-order valence-electron chi connectivity index (χ1n) is 4.68. The van der Waals surface area contributed by atoms with Crippen LogP contribution >= 0.6 is 0 Å². The van der Waals surface area contributed by atoms with Crippen molar-refractivity contribution in [3.63, 3.8) is 0 Å². The molecule has 0 saturated carbocycles. The molecular formula is C10H16N2. The molecule has 0 fully saturated rings. The van der Waals surface area contributed by atoms with Crippen molar-refractivity contribution >= 4 is 0 Å². The lowest BCUT2D eigenvalue weighted by atomic mass is 10.1. The molecule has 0 bridgehead atoms. The summed E-state index contributed by atoms with van der Waals surface area (Å²) in [7, 11) is 0. The van der Waals surface area contributed by atoms with Crippen molar-refractivity contribution in [3.05, 3.63) is 23.0 Å². The highest BCUT2D eigenvalue weighted by Gasteiger charge is 2.12. The Labute approximate surface area is 73.4 Å². The molecular weight excluding hydrogens is 148 g/mol. The Morgan fingerprint density at radius 3 is 2.92 bits per heavy atom. The molecule has 0 unspecified atom stereocenters. The summed E-state index contributed by atoms with van der Waals surface area (Å²) < 4.78 is 0. The van der Waals surface area contributed by atoms with E-state index in [1.54, 1.807) is 0 Å². The van der Waals surface area contributed by atoms with Gasteiger partial charge in [0.15, 0.2) is 0 Å². The molecule has 0 spiro atoms. The molecule has 0 aromatic carbocycles. The molecule has 2 rings (SSSR count). The molecule has 0 aliphatic carbocycles. The van der Waals surface area contributed by atoms with E-state index >= 15 is 0 Å². The van der Waals surface area contributed by atoms with E-state index in [1.807, 2.05) is 0 Å². The number of rotatable bonds is 1. The zero-order valence-electron chi connectivity index (χ0n) is 7.78. The van der Waals surface area contributed by atoms with E-state index in [9.17, 15) is 0 Å². The Morgan fingerprint density at radius 1 is 1.42 bits per heavy atom. The molecule has 2 nitrogen and oxygen atoms in total. The Bertz CT molecular complexity index is 250. The van der Waals surface area contributed by atoms with Crippen molar-refractivity contribution < 1.29 is 0 Å².